The SMILES string of the molecule is CCC(CC)(CNC(=O)[C@@H]1C[C@@H]2C=C[C@H]1CC2)C(=O)O. The topological polar surface area (TPSA) is 66.4 Å². The molecule has 112 valence electrons. The average molecular weight is 279 g/mol. The zero-order valence-corrected chi connectivity index (χ0v) is 12.4. The lowest BCUT2D eigenvalue weighted by molar-refractivity contribution is -0.149. The number of carboxylic acids is 1. The summed E-state index contributed by atoms with van der Waals surface area (Å²) in [5, 5.41) is 12.3. The molecular formula is C16H25NO3. The summed E-state index contributed by atoms with van der Waals surface area (Å²) in [6.45, 7) is 3.98. The first-order chi connectivity index (χ1) is 9.52. The van der Waals surface area contributed by atoms with E-state index in [0.717, 1.165) is 12.8 Å². The minimum absolute atomic E-state index is 0.0385. The molecule has 20 heavy (non-hydrogen) atoms. The molecule has 0 spiro atoms. The Labute approximate surface area is 120 Å². The van der Waals surface area contributed by atoms with Crippen LogP contribution in [0.1, 0.15) is 46.0 Å². The number of rotatable bonds is 6. The Balaban J connectivity index is 1.95. The maximum atomic E-state index is 12.4. The molecule has 2 bridgehead atoms. The smallest absolute Gasteiger partial charge is 0.311 e. The summed E-state index contributed by atoms with van der Waals surface area (Å²) < 4.78 is 0. The second-order valence-electron chi connectivity index (χ2n) is 6.24. The van der Waals surface area contributed by atoms with Gasteiger partial charge in [-0.3, -0.25) is 9.59 Å². The van der Waals surface area contributed by atoms with E-state index in [1.165, 1.54) is 6.42 Å². The van der Waals surface area contributed by atoms with Crippen molar-refractivity contribution < 1.29 is 14.7 Å². The van der Waals surface area contributed by atoms with Crippen molar-refractivity contribution >= 4 is 11.9 Å². The highest BCUT2D eigenvalue weighted by atomic mass is 16.4. The zero-order chi connectivity index (χ0) is 14.8. The van der Waals surface area contributed by atoms with Gasteiger partial charge in [-0.1, -0.05) is 26.0 Å². The van der Waals surface area contributed by atoms with Crippen LogP contribution < -0.4 is 5.32 Å². The average Bonchev–Trinajstić information content (AvgIpc) is 2.49. The molecule has 0 heterocycles. The van der Waals surface area contributed by atoms with Gasteiger partial charge in [0.15, 0.2) is 0 Å². The van der Waals surface area contributed by atoms with Crippen LogP contribution in [0.4, 0.5) is 0 Å². The number of hydrogen-bond donors (Lipinski definition) is 2. The van der Waals surface area contributed by atoms with Crippen LogP contribution in [0.15, 0.2) is 12.2 Å². The lowest BCUT2D eigenvalue weighted by Crippen LogP contribution is -2.46. The van der Waals surface area contributed by atoms with Gasteiger partial charge in [0.05, 0.1) is 5.41 Å². The largest absolute Gasteiger partial charge is 0.481 e. The lowest BCUT2D eigenvalue weighted by Gasteiger charge is -2.37. The Morgan fingerprint density at radius 2 is 1.95 bits per heavy atom. The number of aliphatic carboxylic acids is 1. The molecule has 4 heteroatoms. The molecule has 3 atom stereocenters. The summed E-state index contributed by atoms with van der Waals surface area (Å²) in [7, 11) is 0. The van der Waals surface area contributed by atoms with Crippen LogP contribution >= 0.6 is 0 Å². The number of carboxylic acid groups (broad SMARTS) is 1. The van der Waals surface area contributed by atoms with Crippen LogP contribution in [-0.4, -0.2) is 23.5 Å². The standard InChI is InChI=1S/C16H25NO3/c1-3-16(4-2,15(19)20)10-17-14(18)13-9-11-5-7-12(13)8-6-11/h5,7,11-13H,3-4,6,8-10H2,1-2H3,(H,17,18)(H,19,20)/t11-,12+,13-/m1/s1. The van der Waals surface area contributed by atoms with Gasteiger partial charge < -0.3 is 10.4 Å². The molecule has 3 aliphatic rings. The van der Waals surface area contributed by atoms with Crippen molar-refractivity contribution in [2.24, 2.45) is 23.2 Å². The van der Waals surface area contributed by atoms with E-state index in [4.69, 9.17) is 0 Å². The molecule has 0 radical (unpaired) electrons. The van der Waals surface area contributed by atoms with Gasteiger partial charge in [0, 0.05) is 12.5 Å². The number of carbonyl (C=O) groups excluding carboxylic acids is 1. The summed E-state index contributed by atoms with van der Waals surface area (Å²) in [6.07, 6.45) is 8.68. The molecule has 1 fully saturated rings. The maximum absolute atomic E-state index is 12.4. The molecule has 3 aliphatic carbocycles. The normalized spacial score (nSPS) is 28.4. The van der Waals surface area contributed by atoms with Crippen molar-refractivity contribution in [2.75, 3.05) is 6.54 Å². The van der Waals surface area contributed by atoms with Crippen molar-refractivity contribution in [3.63, 3.8) is 0 Å². The fraction of sp³-hybridized carbons (Fsp3) is 0.750. The second-order valence-corrected chi connectivity index (χ2v) is 6.24. The molecule has 0 aromatic heterocycles. The fourth-order valence-corrected chi connectivity index (χ4v) is 3.50. The third-order valence-corrected chi connectivity index (χ3v) is 5.32. The van der Waals surface area contributed by atoms with Crippen LogP contribution in [0.25, 0.3) is 0 Å². The van der Waals surface area contributed by atoms with E-state index >= 15 is 0 Å². The molecular weight excluding hydrogens is 254 g/mol. The first-order valence-corrected chi connectivity index (χ1v) is 7.72. The van der Waals surface area contributed by atoms with Crippen LogP contribution in [-0.2, 0) is 9.59 Å². The molecule has 0 aliphatic heterocycles. The fourth-order valence-electron chi connectivity index (χ4n) is 3.50. The summed E-state index contributed by atoms with van der Waals surface area (Å²) >= 11 is 0. The van der Waals surface area contributed by atoms with Crippen molar-refractivity contribution in [2.45, 2.75) is 46.0 Å². The predicted molar refractivity (Wildman–Crippen MR) is 77.1 cm³/mol. The molecule has 3 rings (SSSR count). The number of allylic oxidation sites excluding steroid dienone is 2. The molecule has 2 N–H and O–H groups in total. The van der Waals surface area contributed by atoms with Crippen molar-refractivity contribution in [3.8, 4) is 0 Å². The Hall–Kier alpha value is -1.32. The van der Waals surface area contributed by atoms with Crippen LogP contribution in [0.5, 0.6) is 0 Å². The zero-order valence-electron chi connectivity index (χ0n) is 12.4. The quantitative estimate of drug-likeness (QED) is 0.734. The number of hydrogen-bond acceptors (Lipinski definition) is 2. The molecule has 0 aromatic rings. The Kier molecular flexibility index (Phi) is 4.51. The first-order valence-electron chi connectivity index (χ1n) is 7.72. The van der Waals surface area contributed by atoms with Crippen molar-refractivity contribution in [1.82, 2.24) is 5.32 Å². The van der Waals surface area contributed by atoms with E-state index in [1.807, 2.05) is 13.8 Å². The number of fused-ring (bicyclic) bond motifs is 2. The van der Waals surface area contributed by atoms with Gasteiger partial charge in [-0.2, -0.15) is 0 Å². The van der Waals surface area contributed by atoms with Gasteiger partial charge in [0.1, 0.15) is 0 Å². The van der Waals surface area contributed by atoms with Gasteiger partial charge in [0.25, 0.3) is 0 Å². The first kappa shape index (κ1) is 15.1. The predicted octanol–water partition coefficient (Wildman–Crippen LogP) is 2.60. The third-order valence-electron chi connectivity index (χ3n) is 5.32. The Morgan fingerprint density at radius 3 is 2.35 bits per heavy atom. The summed E-state index contributed by atoms with van der Waals surface area (Å²) in [4.78, 5) is 23.8. The van der Waals surface area contributed by atoms with E-state index in [2.05, 4.69) is 17.5 Å². The minimum Gasteiger partial charge on any atom is -0.481 e. The highest BCUT2D eigenvalue weighted by Crippen LogP contribution is 2.40. The maximum Gasteiger partial charge on any atom is 0.311 e. The van der Waals surface area contributed by atoms with Crippen LogP contribution in [0, 0.1) is 23.2 Å². The molecule has 0 saturated heterocycles. The van der Waals surface area contributed by atoms with E-state index in [9.17, 15) is 14.7 Å². The number of carbonyl (C=O) groups is 2. The molecule has 0 aromatic carbocycles. The van der Waals surface area contributed by atoms with Gasteiger partial charge in [0.2, 0.25) is 5.91 Å². The van der Waals surface area contributed by atoms with Gasteiger partial charge >= 0.3 is 5.97 Å². The highest BCUT2D eigenvalue weighted by molar-refractivity contribution is 5.81. The van der Waals surface area contributed by atoms with Crippen LogP contribution in [0.2, 0.25) is 0 Å². The monoisotopic (exact) mass is 279 g/mol. The van der Waals surface area contributed by atoms with Crippen molar-refractivity contribution in [1.29, 1.82) is 0 Å². The number of amides is 1. The second kappa shape index (κ2) is 5.98. The lowest BCUT2D eigenvalue weighted by atomic mass is 9.68. The molecule has 1 saturated carbocycles. The molecule has 0 unspecified atom stereocenters. The summed E-state index contributed by atoms with van der Waals surface area (Å²) in [5.41, 5.74) is -0.820. The summed E-state index contributed by atoms with van der Waals surface area (Å²) in [5.74, 6) is 0.156. The third kappa shape index (κ3) is 2.74. The molecule has 1 amide bonds. The van der Waals surface area contributed by atoms with E-state index in [0.29, 0.717) is 24.7 Å². The highest BCUT2D eigenvalue weighted by Gasteiger charge is 2.39. The van der Waals surface area contributed by atoms with Gasteiger partial charge in [-0.25, -0.2) is 0 Å². The number of nitrogens with one attached hydrogen (secondary N) is 1. The minimum atomic E-state index is -0.820. The summed E-state index contributed by atoms with van der Waals surface area (Å²) in [6, 6.07) is 0. The Morgan fingerprint density at radius 1 is 1.25 bits per heavy atom. The molecule has 4 nitrogen and oxygen atoms in total. The van der Waals surface area contributed by atoms with Crippen LogP contribution in [0.3, 0.4) is 0 Å². The Bertz CT molecular complexity index is 412. The van der Waals surface area contributed by atoms with Gasteiger partial charge in [-0.15, -0.1) is 0 Å². The van der Waals surface area contributed by atoms with E-state index in [-0.39, 0.29) is 18.4 Å². The van der Waals surface area contributed by atoms with Crippen molar-refractivity contribution in [3.05, 3.63) is 12.2 Å². The van der Waals surface area contributed by atoms with E-state index in [1.54, 1.807) is 0 Å². The van der Waals surface area contributed by atoms with Gasteiger partial charge in [-0.05, 0) is 43.9 Å². The van der Waals surface area contributed by atoms with E-state index < -0.39 is 11.4 Å².